The molecule has 5 heterocycles. The van der Waals surface area contributed by atoms with E-state index in [0.29, 0.717) is 54.9 Å². The Kier molecular flexibility index (Phi) is 8.95. The van der Waals surface area contributed by atoms with Crippen LogP contribution in [-0.2, 0) is 9.53 Å². The van der Waals surface area contributed by atoms with Crippen molar-refractivity contribution in [3.63, 3.8) is 0 Å². The molecule has 0 bridgehead atoms. The number of morpholine rings is 1. The van der Waals surface area contributed by atoms with Gasteiger partial charge in [0.2, 0.25) is 11.9 Å². The van der Waals surface area contributed by atoms with Gasteiger partial charge in [-0.15, -0.1) is 0 Å². The van der Waals surface area contributed by atoms with Crippen molar-refractivity contribution in [2.24, 2.45) is 0 Å². The summed E-state index contributed by atoms with van der Waals surface area (Å²) >= 11 is 0. The van der Waals surface area contributed by atoms with E-state index in [4.69, 9.17) is 15.9 Å². The summed E-state index contributed by atoms with van der Waals surface area (Å²) in [6.07, 6.45) is 7.71. The number of carbonyl (C=O) groups is 1. The highest BCUT2D eigenvalue weighted by Crippen LogP contribution is 2.29. The van der Waals surface area contributed by atoms with Crippen LogP contribution in [0.3, 0.4) is 0 Å². The number of likely N-dealkylation sites (tertiary alicyclic amines) is 1. The fourth-order valence-electron chi connectivity index (χ4n) is 4.57. The molecular formula is C26H39N9O3. The highest BCUT2D eigenvalue weighted by Gasteiger charge is 2.39. The number of piperidine rings is 1. The van der Waals surface area contributed by atoms with Gasteiger partial charge in [0.25, 0.3) is 0 Å². The van der Waals surface area contributed by atoms with Crippen LogP contribution in [0.5, 0.6) is 0 Å². The van der Waals surface area contributed by atoms with Crippen molar-refractivity contribution in [2.45, 2.75) is 57.7 Å². The number of hydrogen-bond donors (Lipinski definition) is 5. The lowest BCUT2D eigenvalue weighted by atomic mass is 9.90. The van der Waals surface area contributed by atoms with E-state index < -0.39 is 6.10 Å². The van der Waals surface area contributed by atoms with Crippen LogP contribution in [0.2, 0.25) is 0 Å². The summed E-state index contributed by atoms with van der Waals surface area (Å²) in [7, 11) is 0. The quantitative estimate of drug-likeness (QED) is 0.287. The number of unbranched alkanes of at least 4 members (excludes halogenated alkanes) is 1. The number of ether oxygens (including phenoxy) is 1. The SMILES string of the molecule is CCCC.N=C(c1cnc(Nc2ccnc(N3CCC4(CC3)CNC(=O)CO4)n2)cc1N)N1CCC(O)C1. The van der Waals surface area contributed by atoms with Crippen LogP contribution in [0.15, 0.2) is 24.5 Å². The van der Waals surface area contributed by atoms with Crippen molar-refractivity contribution in [2.75, 3.05) is 55.3 Å². The lowest BCUT2D eigenvalue weighted by molar-refractivity contribution is -0.146. The molecule has 2 aromatic heterocycles. The Morgan fingerprint density at radius 2 is 2.03 bits per heavy atom. The fraction of sp³-hybridized carbons (Fsp3) is 0.577. The zero-order valence-electron chi connectivity index (χ0n) is 22.2. The molecular weight excluding hydrogens is 486 g/mol. The van der Waals surface area contributed by atoms with E-state index >= 15 is 0 Å². The van der Waals surface area contributed by atoms with Crippen LogP contribution >= 0.6 is 0 Å². The largest absolute Gasteiger partial charge is 0.398 e. The van der Waals surface area contributed by atoms with E-state index in [1.165, 1.54) is 12.8 Å². The summed E-state index contributed by atoms with van der Waals surface area (Å²) in [5.74, 6) is 1.91. The number of aromatic nitrogens is 3. The maximum Gasteiger partial charge on any atom is 0.246 e. The molecule has 3 aliphatic heterocycles. The third-order valence-corrected chi connectivity index (χ3v) is 7.14. The molecule has 1 amide bonds. The molecule has 0 radical (unpaired) electrons. The Bertz CT molecular complexity index is 1110. The first kappa shape index (κ1) is 27.5. The number of nitrogens with two attached hydrogens (primary N) is 1. The molecule has 3 saturated heterocycles. The number of β-amino-alcohol motifs (C(OH)–C–C–N with tert-alkyl or cyclic N) is 1. The Balaban J connectivity index is 0.000000786. The van der Waals surface area contributed by atoms with Gasteiger partial charge in [-0.25, -0.2) is 9.97 Å². The van der Waals surface area contributed by atoms with Crippen molar-refractivity contribution in [1.82, 2.24) is 25.2 Å². The fourth-order valence-corrected chi connectivity index (χ4v) is 4.57. The number of carbonyl (C=O) groups excluding carboxylic acids is 1. The normalized spacial score (nSPS) is 20.5. The summed E-state index contributed by atoms with van der Waals surface area (Å²) in [6, 6.07) is 3.44. The highest BCUT2D eigenvalue weighted by atomic mass is 16.5. The smallest absolute Gasteiger partial charge is 0.246 e. The molecule has 1 unspecified atom stereocenters. The first-order valence-corrected chi connectivity index (χ1v) is 13.4. The van der Waals surface area contributed by atoms with Gasteiger partial charge in [-0.3, -0.25) is 10.2 Å². The Morgan fingerprint density at radius 3 is 2.63 bits per heavy atom. The number of nitrogen functional groups attached to an aromatic ring is 1. The predicted molar refractivity (Wildman–Crippen MR) is 147 cm³/mol. The molecule has 0 saturated carbocycles. The summed E-state index contributed by atoms with van der Waals surface area (Å²) in [5.41, 5.74) is 6.87. The molecule has 5 rings (SSSR count). The predicted octanol–water partition coefficient (Wildman–Crippen LogP) is 1.88. The first-order valence-electron chi connectivity index (χ1n) is 13.4. The number of hydrogen-bond acceptors (Lipinski definition) is 10. The molecule has 6 N–H and O–H groups in total. The molecule has 0 aliphatic carbocycles. The van der Waals surface area contributed by atoms with Crippen LogP contribution < -0.4 is 21.3 Å². The van der Waals surface area contributed by atoms with E-state index in [1.54, 1.807) is 29.4 Å². The Labute approximate surface area is 223 Å². The molecule has 12 nitrogen and oxygen atoms in total. The number of nitrogens with one attached hydrogen (secondary N) is 3. The minimum atomic E-state index is -0.413. The number of amidine groups is 1. The number of aliphatic hydroxyl groups is 1. The highest BCUT2D eigenvalue weighted by molar-refractivity contribution is 6.01. The van der Waals surface area contributed by atoms with Gasteiger partial charge in [-0.1, -0.05) is 26.7 Å². The van der Waals surface area contributed by atoms with Gasteiger partial charge >= 0.3 is 0 Å². The molecule has 12 heteroatoms. The summed E-state index contributed by atoms with van der Waals surface area (Å²) in [6.45, 7) is 7.53. The van der Waals surface area contributed by atoms with Gasteiger partial charge in [0.05, 0.1) is 17.3 Å². The lowest BCUT2D eigenvalue weighted by Gasteiger charge is -2.43. The van der Waals surface area contributed by atoms with Gasteiger partial charge in [-0.2, -0.15) is 4.98 Å². The van der Waals surface area contributed by atoms with Gasteiger partial charge in [0.1, 0.15) is 24.1 Å². The standard InChI is InChI=1S/C22H29N9O3.C4H10/c23-16-9-18(26-10-15(16)20(24)31-6-2-14(32)11-31)28-17-1-5-25-21(29-17)30-7-3-22(4-8-30)13-27-19(33)12-34-22;1-3-4-2/h1,5,9-10,14,24,32H,2-4,6-8,11-13H2,(H,27,33)(H3,23,25,26,28,29);3-4H2,1-2H3. The van der Waals surface area contributed by atoms with Crippen molar-refractivity contribution < 1.29 is 14.6 Å². The number of rotatable bonds is 5. The second kappa shape index (κ2) is 12.4. The monoisotopic (exact) mass is 525 g/mol. The van der Waals surface area contributed by atoms with Crippen LogP contribution in [0.4, 0.5) is 23.3 Å². The lowest BCUT2D eigenvalue weighted by Crippen LogP contribution is -2.57. The van der Waals surface area contributed by atoms with Crippen molar-refractivity contribution in [3.8, 4) is 0 Å². The van der Waals surface area contributed by atoms with Gasteiger partial charge in [0, 0.05) is 56.9 Å². The average Bonchev–Trinajstić information content (AvgIpc) is 3.37. The minimum Gasteiger partial charge on any atom is -0.398 e. The molecule has 2 aromatic rings. The van der Waals surface area contributed by atoms with Crippen molar-refractivity contribution in [3.05, 3.63) is 30.1 Å². The number of aliphatic hydroxyl groups excluding tert-OH is 1. The molecule has 1 spiro atoms. The average molecular weight is 526 g/mol. The maximum atomic E-state index is 11.4. The summed E-state index contributed by atoms with van der Waals surface area (Å²) in [5, 5.41) is 24.2. The van der Waals surface area contributed by atoms with Crippen LogP contribution in [0, 0.1) is 5.41 Å². The third kappa shape index (κ3) is 6.67. The molecule has 206 valence electrons. The maximum absolute atomic E-state index is 11.4. The number of anilines is 4. The van der Waals surface area contributed by atoms with Crippen LogP contribution in [0.25, 0.3) is 0 Å². The first-order chi connectivity index (χ1) is 18.3. The zero-order chi connectivity index (χ0) is 27.1. The number of pyridine rings is 1. The topological polar surface area (TPSA) is 166 Å². The molecule has 3 fully saturated rings. The minimum absolute atomic E-state index is 0.0656. The van der Waals surface area contributed by atoms with Crippen molar-refractivity contribution in [1.29, 1.82) is 5.41 Å². The van der Waals surface area contributed by atoms with E-state index in [2.05, 4.69) is 44.3 Å². The zero-order valence-corrected chi connectivity index (χ0v) is 22.2. The number of nitrogens with zero attached hydrogens (tertiary/aromatic N) is 5. The molecule has 3 aliphatic rings. The third-order valence-electron chi connectivity index (χ3n) is 7.14. The van der Waals surface area contributed by atoms with E-state index in [0.717, 1.165) is 25.9 Å². The molecule has 38 heavy (non-hydrogen) atoms. The Morgan fingerprint density at radius 1 is 1.26 bits per heavy atom. The van der Waals surface area contributed by atoms with E-state index in [1.807, 2.05) is 0 Å². The number of amides is 1. The van der Waals surface area contributed by atoms with E-state index in [9.17, 15) is 9.90 Å². The molecule has 0 aromatic carbocycles. The van der Waals surface area contributed by atoms with Gasteiger partial charge in [-0.05, 0) is 25.3 Å². The van der Waals surface area contributed by atoms with Gasteiger partial charge in [0.15, 0.2) is 0 Å². The van der Waals surface area contributed by atoms with Gasteiger partial charge < -0.3 is 36.0 Å². The second-order valence-corrected chi connectivity index (χ2v) is 10.00. The molecule has 1 atom stereocenters. The summed E-state index contributed by atoms with van der Waals surface area (Å²) in [4.78, 5) is 28.8. The van der Waals surface area contributed by atoms with Crippen LogP contribution in [0.1, 0.15) is 51.5 Å². The van der Waals surface area contributed by atoms with E-state index in [-0.39, 0.29) is 24.0 Å². The summed E-state index contributed by atoms with van der Waals surface area (Å²) < 4.78 is 5.84. The Hall–Kier alpha value is -3.51. The van der Waals surface area contributed by atoms with Crippen LogP contribution in [-0.4, -0.2) is 87.7 Å². The second-order valence-electron chi connectivity index (χ2n) is 10.00. The van der Waals surface area contributed by atoms with Crippen molar-refractivity contribution >= 4 is 35.0 Å².